The summed E-state index contributed by atoms with van der Waals surface area (Å²) in [5.74, 6) is -1.37. The van der Waals surface area contributed by atoms with Gasteiger partial charge in [-0.2, -0.15) is 0 Å². The van der Waals surface area contributed by atoms with Crippen LogP contribution in [0.4, 0.5) is 19.1 Å². The number of ether oxygens (including phenoxy) is 1. The first-order valence-corrected chi connectivity index (χ1v) is 11.4. The maximum absolute atomic E-state index is 15.0. The third-order valence-electron chi connectivity index (χ3n) is 5.97. The number of rotatable bonds is 4. The second-order valence-corrected chi connectivity index (χ2v) is 8.80. The fraction of sp³-hybridized carbons (Fsp3) is 0.292. The van der Waals surface area contributed by atoms with Gasteiger partial charge in [-0.25, -0.2) is 28.1 Å². The van der Waals surface area contributed by atoms with Crippen LogP contribution < -0.4 is 10.5 Å². The Morgan fingerprint density at radius 1 is 1.14 bits per heavy atom. The number of anilines is 1. The third kappa shape index (κ3) is 4.40. The molecule has 36 heavy (non-hydrogen) atoms. The van der Waals surface area contributed by atoms with Gasteiger partial charge in [-0.15, -0.1) is 0 Å². The first-order chi connectivity index (χ1) is 17.2. The lowest BCUT2D eigenvalue weighted by molar-refractivity contribution is 0.0391. The Kier molecular flexibility index (Phi) is 6.35. The summed E-state index contributed by atoms with van der Waals surface area (Å²) in [6.45, 7) is 2.97. The van der Waals surface area contributed by atoms with Crippen molar-refractivity contribution in [2.24, 2.45) is 7.05 Å². The van der Waals surface area contributed by atoms with Gasteiger partial charge in [0.15, 0.2) is 11.3 Å². The van der Waals surface area contributed by atoms with Gasteiger partial charge in [-0.3, -0.25) is 14.3 Å². The number of fused-ring (bicyclic) bond motifs is 1. The fourth-order valence-electron chi connectivity index (χ4n) is 4.16. The Hall–Kier alpha value is -3.57. The van der Waals surface area contributed by atoms with Gasteiger partial charge in [-0.1, -0.05) is 11.6 Å². The summed E-state index contributed by atoms with van der Waals surface area (Å²) >= 11 is 5.91. The molecule has 0 radical (unpaired) electrons. The van der Waals surface area contributed by atoms with E-state index in [1.807, 2.05) is 19.1 Å². The van der Waals surface area contributed by atoms with Crippen LogP contribution in [0.25, 0.3) is 22.3 Å². The van der Waals surface area contributed by atoms with Gasteiger partial charge in [0.05, 0.1) is 13.2 Å². The minimum atomic E-state index is -3.03. The first-order valence-electron chi connectivity index (χ1n) is 11.0. The van der Waals surface area contributed by atoms with Crippen molar-refractivity contribution < 1.29 is 17.9 Å². The number of halogens is 4. The Morgan fingerprint density at radius 2 is 1.94 bits per heavy atom. The van der Waals surface area contributed by atoms with E-state index in [1.165, 1.54) is 19.2 Å². The fourth-order valence-corrected chi connectivity index (χ4v) is 4.32. The maximum atomic E-state index is 15.0. The van der Waals surface area contributed by atoms with E-state index in [2.05, 4.69) is 19.9 Å². The molecule has 0 saturated carbocycles. The van der Waals surface area contributed by atoms with Crippen molar-refractivity contribution in [3.8, 4) is 11.3 Å². The summed E-state index contributed by atoms with van der Waals surface area (Å²) in [5.41, 5.74) is 0.433. The molecule has 186 valence electrons. The zero-order valence-corrected chi connectivity index (χ0v) is 20.0. The highest BCUT2D eigenvalue weighted by Gasteiger charge is 2.28. The van der Waals surface area contributed by atoms with E-state index in [9.17, 15) is 18.0 Å². The second-order valence-electron chi connectivity index (χ2n) is 8.36. The average Bonchev–Trinajstić information content (AvgIpc) is 2.85. The molecule has 0 unspecified atom stereocenters. The normalized spacial score (nSPS) is 16.2. The van der Waals surface area contributed by atoms with Gasteiger partial charge in [0.1, 0.15) is 23.1 Å². The van der Waals surface area contributed by atoms with E-state index in [-0.39, 0.29) is 39.4 Å². The Morgan fingerprint density at radius 3 is 2.67 bits per heavy atom. The highest BCUT2D eigenvalue weighted by molar-refractivity contribution is 6.30. The second kappa shape index (κ2) is 9.47. The molecule has 12 heteroatoms. The molecule has 0 N–H and O–H groups in total. The minimum Gasteiger partial charge on any atom is -0.370 e. The molecule has 8 nitrogen and oxygen atoms in total. The minimum absolute atomic E-state index is 0.0383. The molecule has 1 atom stereocenters. The summed E-state index contributed by atoms with van der Waals surface area (Å²) in [6, 6.07) is 7.65. The third-order valence-corrected chi connectivity index (χ3v) is 6.21. The molecular weight excluding hydrogens is 497 g/mol. The van der Waals surface area contributed by atoms with Crippen LogP contribution in [0.15, 0.2) is 41.3 Å². The topological polar surface area (TPSA) is 86.0 Å². The summed E-state index contributed by atoms with van der Waals surface area (Å²) in [6.07, 6.45) is -1.66. The van der Waals surface area contributed by atoms with Gasteiger partial charge in [0.25, 0.3) is 12.0 Å². The highest BCUT2D eigenvalue weighted by Crippen LogP contribution is 2.32. The molecule has 0 spiro atoms. The van der Waals surface area contributed by atoms with Crippen molar-refractivity contribution in [1.29, 1.82) is 0 Å². The molecular formula is C24H20ClF3N6O2. The zero-order valence-electron chi connectivity index (χ0n) is 19.3. The lowest BCUT2D eigenvalue weighted by Crippen LogP contribution is -2.39. The quantitative estimate of drug-likeness (QED) is 0.397. The highest BCUT2D eigenvalue weighted by atomic mass is 35.5. The average molecular weight is 517 g/mol. The van der Waals surface area contributed by atoms with Crippen LogP contribution in [0, 0.1) is 12.7 Å². The zero-order chi connectivity index (χ0) is 25.6. The predicted molar refractivity (Wildman–Crippen MR) is 128 cm³/mol. The van der Waals surface area contributed by atoms with E-state index in [1.54, 1.807) is 11.1 Å². The van der Waals surface area contributed by atoms with Crippen molar-refractivity contribution in [3.05, 3.63) is 74.8 Å². The van der Waals surface area contributed by atoms with Crippen molar-refractivity contribution >= 4 is 28.6 Å². The van der Waals surface area contributed by atoms with Crippen LogP contribution >= 0.6 is 11.6 Å². The molecule has 4 aromatic rings. The molecule has 0 aliphatic carbocycles. The molecule has 1 saturated heterocycles. The largest absolute Gasteiger partial charge is 0.370 e. The van der Waals surface area contributed by atoms with E-state index < -0.39 is 23.6 Å². The summed E-state index contributed by atoms with van der Waals surface area (Å²) in [7, 11) is 1.19. The van der Waals surface area contributed by atoms with E-state index in [4.69, 9.17) is 16.3 Å². The molecule has 5 rings (SSSR count). The van der Waals surface area contributed by atoms with Gasteiger partial charge < -0.3 is 9.64 Å². The Labute approximate surface area is 208 Å². The SMILES string of the molecule is Cc1cc([C@@H]2CN(c3nc(-c4ccc(Cl)cc4F)c4nc(C(F)F)n(C)c(=O)c4n3)CCO2)ccn1. The number of morpholine rings is 1. The van der Waals surface area contributed by atoms with E-state index in [0.717, 1.165) is 21.9 Å². The Bertz CT molecular complexity index is 1530. The van der Waals surface area contributed by atoms with Crippen molar-refractivity contribution in [2.45, 2.75) is 19.5 Å². The summed E-state index contributed by atoms with van der Waals surface area (Å²) in [5, 5.41) is 0.149. The van der Waals surface area contributed by atoms with Crippen LogP contribution in [-0.2, 0) is 11.8 Å². The van der Waals surface area contributed by atoms with Crippen LogP contribution in [0.1, 0.15) is 29.6 Å². The van der Waals surface area contributed by atoms with Gasteiger partial charge in [0, 0.05) is 36.1 Å². The number of alkyl halides is 2. The van der Waals surface area contributed by atoms with Gasteiger partial charge in [0.2, 0.25) is 5.95 Å². The first kappa shape index (κ1) is 24.1. The number of aromatic nitrogens is 5. The standard InChI is InChI=1S/C24H20ClF3N6O2/c1-12-9-13(5-6-29-12)17-11-34(7-8-36-17)24-31-18(15-4-3-14(25)10-16(15)26)19-20(32-24)23(35)33(2)22(30-19)21(27)28/h3-6,9-10,17,21H,7-8,11H2,1-2H3/t17-/m0/s1. The van der Waals surface area contributed by atoms with Crippen molar-refractivity contribution in [2.75, 3.05) is 24.6 Å². The molecule has 1 fully saturated rings. The van der Waals surface area contributed by atoms with Crippen molar-refractivity contribution in [3.63, 3.8) is 0 Å². The predicted octanol–water partition coefficient (Wildman–Crippen LogP) is 4.40. The van der Waals surface area contributed by atoms with E-state index in [0.29, 0.717) is 19.7 Å². The lowest BCUT2D eigenvalue weighted by Gasteiger charge is -2.33. The maximum Gasteiger partial charge on any atom is 0.295 e. The van der Waals surface area contributed by atoms with Crippen LogP contribution in [0.3, 0.4) is 0 Å². The smallest absolute Gasteiger partial charge is 0.295 e. The number of hydrogen-bond donors (Lipinski definition) is 0. The molecule has 0 bridgehead atoms. The number of aryl methyl sites for hydroxylation is 1. The summed E-state index contributed by atoms with van der Waals surface area (Å²) in [4.78, 5) is 32.0. The lowest BCUT2D eigenvalue weighted by atomic mass is 10.1. The summed E-state index contributed by atoms with van der Waals surface area (Å²) < 4.78 is 48.9. The van der Waals surface area contributed by atoms with Crippen LogP contribution in [0.2, 0.25) is 5.02 Å². The molecule has 1 aliphatic heterocycles. The number of nitrogens with zero attached hydrogens (tertiary/aromatic N) is 6. The number of benzene rings is 1. The molecule has 1 aromatic carbocycles. The van der Waals surface area contributed by atoms with Crippen LogP contribution in [-0.4, -0.2) is 44.2 Å². The van der Waals surface area contributed by atoms with E-state index >= 15 is 0 Å². The van der Waals surface area contributed by atoms with Gasteiger partial charge in [-0.05, 0) is 42.8 Å². The van der Waals surface area contributed by atoms with Crippen LogP contribution in [0.5, 0.6) is 0 Å². The molecule has 4 heterocycles. The Balaban J connectivity index is 1.69. The molecule has 1 aliphatic rings. The number of hydrogen-bond acceptors (Lipinski definition) is 7. The molecule has 3 aromatic heterocycles. The monoisotopic (exact) mass is 516 g/mol. The van der Waals surface area contributed by atoms with Gasteiger partial charge >= 0.3 is 0 Å². The van der Waals surface area contributed by atoms with Crippen molar-refractivity contribution in [1.82, 2.24) is 24.5 Å². The number of pyridine rings is 1. The molecule has 0 amide bonds.